The third-order valence-corrected chi connectivity index (χ3v) is 11.9. The number of benzene rings is 7. The molecule has 0 aliphatic heterocycles. The Kier molecular flexibility index (Phi) is 8.79. The lowest BCUT2D eigenvalue weighted by molar-refractivity contribution is 0.327. The zero-order chi connectivity index (χ0) is 39.4. The molecule has 6 nitrogen and oxygen atoms in total. The maximum atomic E-state index is 10.4. The van der Waals surface area contributed by atoms with Gasteiger partial charge in [-0.2, -0.15) is 0 Å². The summed E-state index contributed by atoms with van der Waals surface area (Å²) in [6, 6.07) is 46.8. The van der Waals surface area contributed by atoms with E-state index in [1.807, 2.05) is 24.3 Å². The van der Waals surface area contributed by atoms with Crippen LogP contribution in [0.4, 0.5) is 0 Å². The first kappa shape index (κ1) is 35.5. The first-order valence-corrected chi connectivity index (χ1v) is 19.3. The Hall–Kier alpha value is -7.22. The Morgan fingerprint density at radius 1 is 0.579 bits per heavy atom. The standard InChI is InChI=1S/C50H36O6S/c1-3-29(20-19-28(2)42-46(51)48(53)50(55)49(54)47(42)52)30-21-23-31(24-22-30)33-25-26-40-37(27-33)45-36(15-10-18-41(45)57-40)43(32-11-5-4-6-12-32)35-14-9-17-39-44(35)34-13-7-8-16-38(34)56-39/h3-27,43,51-55H,1H2,2H3/b28-19+,29-20+. The molecule has 57 heavy (non-hydrogen) atoms. The number of thiophene rings is 1. The van der Waals surface area contributed by atoms with Gasteiger partial charge in [0.05, 0.1) is 5.56 Å². The molecular weight excluding hydrogens is 729 g/mol. The molecule has 0 fully saturated rings. The summed E-state index contributed by atoms with van der Waals surface area (Å²) in [5.74, 6) is -4.37. The van der Waals surface area contributed by atoms with Crippen LogP contribution < -0.4 is 0 Å². The molecule has 9 aromatic rings. The van der Waals surface area contributed by atoms with Gasteiger partial charge in [-0.25, -0.2) is 0 Å². The van der Waals surface area contributed by atoms with E-state index in [-0.39, 0.29) is 11.5 Å². The molecule has 0 amide bonds. The summed E-state index contributed by atoms with van der Waals surface area (Å²) in [7, 11) is 0. The number of rotatable bonds is 8. The zero-order valence-electron chi connectivity index (χ0n) is 30.8. The lowest BCUT2D eigenvalue weighted by atomic mass is 9.81. The molecule has 0 aliphatic carbocycles. The summed E-state index contributed by atoms with van der Waals surface area (Å²) in [6.45, 7) is 5.58. The van der Waals surface area contributed by atoms with E-state index in [4.69, 9.17) is 4.42 Å². The predicted octanol–water partition coefficient (Wildman–Crippen LogP) is 13.0. The molecule has 1 atom stereocenters. The summed E-state index contributed by atoms with van der Waals surface area (Å²) in [5, 5.41) is 55.3. The summed E-state index contributed by atoms with van der Waals surface area (Å²) >= 11 is 1.80. The van der Waals surface area contributed by atoms with Crippen LogP contribution in [0.1, 0.15) is 40.7 Å². The molecule has 0 bridgehead atoms. The molecule has 0 spiro atoms. The van der Waals surface area contributed by atoms with Gasteiger partial charge in [-0.3, -0.25) is 0 Å². The number of fused-ring (bicyclic) bond motifs is 6. The molecule has 5 N–H and O–H groups in total. The topological polar surface area (TPSA) is 114 Å². The summed E-state index contributed by atoms with van der Waals surface area (Å²) in [6.07, 6.45) is 5.09. The average molecular weight is 765 g/mol. The van der Waals surface area contributed by atoms with Gasteiger partial charge in [0, 0.05) is 36.9 Å². The van der Waals surface area contributed by atoms with Crippen LogP contribution in [0, 0.1) is 0 Å². The van der Waals surface area contributed by atoms with Crippen molar-refractivity contribution in [2.45, 2.75) is 12.8 Å². The Morgan fingerprint density at radius 2 is 1.21 bits per heavy atom. The monoisotopic (exact) mass is 764 g/mol. The number of aromatic hydroxyl groups is 5. The zero-order valence-corrected chi connectivity index (χ0v) is 31.6. The second-order valence-electron chi connectivity index (χ2n) is 14.1. The van der Waals surface area contributed by atoms with Crippen molar-refractivity contribution in [2.75, 3.05) is 0 Å². The van der Waals surface area contributed by atoms with Crippen LogP contribution in [-0.4, -0.2) is 25.5 Å². The summed E-state index contributed by atoms with van der Waals surface area (Å²) in [4.78, 5) is 0. The van der Waals surface area contributed by atoms with Crippen molar-refractivity contribution in [1.29, 1.82) is 0 Å². The summed E-state index contributed by atoms with van der Waals surface area (Å²) in [5.41, 5.74) is 9.32. The quantitative estimate of drug-likeness (QED) is 0.0456. The molecule has 0 saturated heterocycles. The molecule has 7 heteroatoms. The van der Waals surface area contributed by atoms with Gasteiger partial charge < -0.3 is 29.9 Å². The van der Waals surface area contributed by atoms with Gasteiger partial charge in [-0.1, -0.05) is 128 Å². The number of hydrogen-bond donors (Lipinski definition) is 5. The third-order valence-electron chi connectivity index (χ3n) is 10.8. The highest BCUT2D eigenvalue weighted by atomic mass is 32.1. The predicted molar refractivity (Wildman–Crippen MR) is 232 cm³/mol. The third kappa shape index (κ3) is 5.96. The van der Waals surface area contributed by atoms with Crippen LogP contribution in [0.3, 0.4) is 0 Å². The van der Waals surface area contributed by atoms with Gasteiger partial charge in [0.25, 0.3) is 0 Å². The fourth-order valence-electron chi connectivity index (χ4n) is 7.98. The van der Waals surface area contributed by atoms with E-state index in [0.29, 0.717) is 5.57 Å². The van der Waals surface area contributed by atoms with Crippen molar-refractivity contribution in [2.24, 2.45) is 0 Å². The second-order valence-corrected chi connectivity index (χ2v) is 15.2. The maximum absolute atomic E-state index is 10.4. The normalized spacial score (nSPS) is 12.9. The van der Waals surface area contributed by atoms with E-state index in [1.54, 1.807) is 36.5 Å². The smallest absolute Gasteiger partial charge is 0.208 e. The van der Waals surface area contributed by atoms with Crippen LogP contribution >= 0.6 is 11.3 Å². The minimum Gasteiger partial charge on any atom is -0.504 e. The highest BCUT2D eigenvalue weighted by Crippen LogP contribution is 2.53. The molecule has 0 saturated carbocycles. The highest BCUT2D eigenvalue weighted by molar-refractivity contribution is 7.25. The van der Waals surface area contributed by atoms with Crippen LogP contribution in [-0.2, 0) is 0 Å². The van der Waals surface area contributed by atoms with Gasteiger partial charge in [0.15, 0.2) is 11.5 Å². The van der Waals surface area contributed by atoms with E-state index in [2.05, 4.69) is 116 Å². The van der Waals surface area contributed by atoms with Gasteiger partial charge in [-0.15, -0.1) is 11.3 Å². The Balaban J connectivity index is 1.13. The number of phenolic OH excluding ortho intramolecular Hbond substituents is 5. The second kappa shape index (κ2) is 14.1. The Labute approximate surface area is 332 Å². The number of para-hydroxylation sites is 1. The Bertz CT molecular complexity index is 3060. The van der Waals surface area contributed by atoms with Crippen molar-refractivity contribution in [3.63, 3.8) is 0 Å². The minimum atomic E-state index is -0.996. The number of phenols is 5. The van der Waals surface area contributed by atoms with Crippen LogP contribution in [0.15, 0.2) is 163 Å². The van der Waals surface area contributed by atoms with Crippen molar-refractivity contribution in [1.82, 2.24) is 0 Å². The highest BCUT2D eigenvalue weighted by Gasteiger charge is 2.26. The first-order valence-electron chi connectivity index (χ1n) is 18.4. The van der Waals surface area contributed by atoms with E-state index in [0.717, 1.165) is 44.2 Å². The van der Waals surface area contributed by atoms with Crippen molar-refractivity contribution >= 4 is 64.6 Å². The number of allylic oxidation sites excluding steroid dienone is 5. The fraction of sp³-hybridized carbons (Fsp3) is 0.0400. The molecule has 9 rings (SSSR count). The van der Waals surface area contributed by atoms with Crippen LogP contribution in [0.2, 0.25) is 0 Å². The van der Waals surface area contributed by atoms with Gasteiger partial charge in [-0.05, 0) is 81.8 Å². The SMILES string of the molecule is C=C/C(=C\C=C(/C)c1c(O)c(O)c(O)c(O)c1O)c1ccc(-c2ccc3sc4cccc(C(c5ccccc5)c5cccc6oc7ccccc7c56)c4c3c2)cc1. The molecule has 278 valence electrons. The van der Waals surface area contributed by atoms with E-state index in [1.165, 1.54) is 36.9 Å². The number of hydrogen-bond acceptors (Lipinski definition) is 7. The van der Waals surface area contributed by atoms with Crippen molar-refractivity contribution in [3.05, 3.63) is 186 Å². The molecule has 2 heterocycles. The largest absolute Gasteiger partial charge is 0.504 e. The lowest BCUT2D eigenvalue weighted by Crippen LogP contribution is -2.04. The molecule has 0 aliphatic rings. The first-order chi connectivity index (χ1) is 27.7. The van der Waals surface area contributed by atoms with Crippen LogP contribution in [0.5, 0.6) is 28.7 Å². The lowest BCUT2D eigenvalue weighted by Gasteiger charge is -2.21. The molecular formula is C50H36O6S. The van der Waals surface area contributed by atoms with Gasteiger partial charge in [0.1, 0.15) is 11.2 Å². The number of furan rings is 1. The minimum absolute atomic E-state index is 0.0551. The van der Waals surface area contributed by atoms with E-state index < -0.39 is 28.7 Å². The molecule has 0 radical (unpaired) electrons. The summed E-state index contributed by atoms with van der Waals surface area (Å²) < 4.78 is 8.80. The van der Waals surface area contributed by atoms with E-state index in [9.17, 15) is 25.5 Å². The average Bonchev–Trinajstić information content (AvgIpc) is 3.82. The van der Waals surface area contributed by atoms with Gasteiger partial charge >= 0.3 is 0 Å². The van der Waals surface area contributed by atoms with Crippen molar-refractivity contribution < 1.29 is 29.9 Å². The molecule has 7 aromatic carbocycles. The Morgan fingerprint density at radius 3 is 1.95 bits per heavy atom. The van der Waals surface area contributed by atoms with Crippen molar-refractivity contribution in [3.8, 4) is 39.9 Å². The molecule has 1 unspecified atom stereocenters. The maximum Gasteiger partial charge on any atom is 0.208 e. The fourth-order valence-corrected chi connectivity index (χ4v) is 9.10. The molecule has 2 aromatic heterocycles. The van der Waals surface area contributed by atoms with E-state index >= 15 is 0 Å². The van der Waals surface area contributed by atoms with Crippen LogP contribution in [0.25, 0.3) is 64.4 Å². The van der Waals surface area contributed by atoms with Gasteiger partial charge in [0.2, 0.25) is 17.2 Å².